The number of nitrogens with zero attached hydrogens (tertiary/aromatic N) is 2. The predicted molar refractivity (Wildman–Crippen MR) is 109 cm³/mol. The van der Waals surface area contributed by atoms with E-state index in [9.17, 15) is 5.11 Å². The molecule has 0 unspecified atom stereocenters. The smallest absolute Gasteiger partial charge is 0.225 e. The number of hydrogen-bond acceptors (Lipinski definition) is 5. The van der Waals surface area contributed by atoms with Gasteiger partial charge in [-0.05, 0) is 48.7 Å². The van der Waals surface area contributed by atoms with Crippen molar-refractivity contribution in [2.75, 3.05) is 5.32 Å². The number of nitrogens with one attached hydrogen (secondary N) is 1. The van der Waals surface area contributed by atoms with Gasteiger partial charge in [0.1, 0.15) is 16.4 Å². The van der Waals surface area contributed by atoms with E-state index in [0.717, 1.165) is 27.0 Å². The topological polar surface area (TPSA) is 58.0 Å². The number of fused-ring (bicyclic) bond motifs is 1. The summed E-state index contributed by atoms with van der Waals surface area (Å²) in [6.45, 7) is 4.19. The quantitative estimate of drug-likeness (QED) is 0.422. The lowest BCUT2D eigenvalue weighted by atomic mass is 9.99. The van der Waals surface area contributed by atoms with Crippen molar-refractivity contribution in [1.29, 1.82) is 0 Å². The normalized spacial score (nSPS) is 11.0. The van der Waals surface area contributed by atoms with Crippen molar-refractivity contribution < 1.29 is 5.11 Å². The molecule has 0 spiro atoms. The van der Waals surface area contributed by atoms with Crippen molar-refractivity contribution in [2.45, 2.75) is 13.8 Å². The fraction of sp³-hybridized carbons (Fsp3) is 0.100. The second-order valence-corrected chi connectivity index (χ2v) is 7.36. The summed E-state index contributed by atoms with van der Waals surface area (Å²) in [6, 6.07) is 13.3. The number of aromatic nitrogens is 2. The van der Waals surface area contributed by atoms with Gasteiger partial charge in [0, 0.05) is 22.7 Å². The maximum absolute atomic E-state index is 9.72. The Labute approximate surface area is 160 Å². The van der Waals surface area contributed by atoms with E-state index in [1.165, 1.54) is 22.5 Å². The molecule has 130 valence electrons. The Bertz CT molecular complexity index is 1120. The van der Waals surface area contributed by atoms with Crippen molar-refractivity contribution in [3.63, 3.8) is 0 Å². The number of thiophene rings is 1. The highest BCUT2D eigenvalue weighted by molar-refractivity contribution is 7.17. The lowest BCUT2D eigenvalue weighted by Gasteiger charge is -2.11. The van der Waals surface area contributed by atoms with Gasteiger partial charge in [0.05, 0.1) is 5.39 Å². The summed E-state index contributed by atoms with van der Waals surface area (Å²) in [6.07, 6.45) is 0. The average molecular weight is 382 g/mol. The first kappa shape index (κ1) is 16.8. The number of aromatic hydroxyl groups is 1. The summed E-state index contributed by atoms with van der Waals surface area (Å²) in [5.74, 6) is 0.813. The maximum Gasteiger partial charge on any atom is 0.225 e. The molecule has 4 rings (SSSR count). The molecule has 0 amide bonds. The molecule has 0 atom stereocenters. The van der Waals surface area contributed by atoms with Gasteiger partial charge in [-0.15, -0.1) is 11.3 Å². The van der Waals surface area contributed by atoms with Gasteiger partial charge in [-0.1, -0.05) is 29.8 Å². The monoisotopic (exact) mass is 381 g/mol. The van der Waals surface area contributed by atoms with Gasteiger partial charge in [0.25, 0.3) is 0 Å². The van der Waals surface area contributed by atoms with Gasteiger partial charge in [-0.25, -0.2) is 4.98 Å². The molecule has 6 heteroatoms. The molecule has 0 saturated heterocycles. The molecule has 2 aromatic carbocycles. The van der Waals surface area contributed by atoms with E-state index in [2.05, 4.69) is 52.7 Å². The van der Waals surface area contributed by atoms with E-state index in [0.29, 0.717) is 5.82 Å². The average Bonchev–Trinajstić information content (AvgIpc) is 2.98. The third kappa shape index (κ3) is 3.11. The minimum Gasteiger partial charge on any atom is -0.508 e. The van der Waals surface area contributed by atoms with Crippen LogP contribution in [-0.4, -0.2) is 15.1 Å². The molecule has 0 saturated carbocycles. The first-order valence-corrected chi connectivity index (χ1v) is 9.35. The van der Waals surface area contributed by atoms with E-state index in [-0.39, 0.29) is 11.0 Å². The van der Waals surface area contributed by atoms with Crippen LogP contribution in [0.25, 0.3) is 21.3 Å². The Balaban J connectivity index is 1.91. The van der Waals surface area contributed by atoms with Crippen molar-refractivity contribution in [3.05, 3.63) is 64.3 Å². The van der Waals surface area contributed by atoms with E-state index in [1.54, 1.807) is 18.2 Å². The van der Waals surface area contributed by atoms with E-state index in [1.807, 2.05) is 6.07 Å². The molecule has 4 aromatic rings. The molecule has 0 aliphatic carbocycles. The summed E-state index contributed by atoms with van der Waals surface area (Å²) in [7, 11) is 0. The van der Waals surface area contributed by atoms with Crippen molar-refractivity contribution in [1.82, 2.24) is 9.97 Å². The Hall–Kier alpha value is -2.63. The second kappa shape index (κ2) is 6.59. The van der Waals surface area contributed by atoms with Crippen LogP contribution < -0.4 is 5.32 Å². The zero-order chi connectivity index (χ0) is 18.3. The van der Waals surface area contributed by atoms with Crippen LogP contribution in [0, 0.1) is 13.8 Å². The molecule has 0 fully saturated rings. The molecule has 2 aromatic heterocycles. The number of phenolic OH excluding ortho intramolecular Hbond substituents is 1. The van der Waals surface area contributed by atoms with Crippen LogP contribution in [0.1, 0.15) is 11.1 Å². The fourth-order valence-electron chi connectivity index (χ4n) is 3.04. The first-order chi connectivity index (χ1) is 12.5. The molecular weight excluding hydrogens is 366 g/mol. The van der Waals surface area contributed by atoms with Gasteiger partial charge in [-0.2, -0.15) is 4.98 Å². The standard InChI is InChI=1S/C20H16ClN3OS/c1-11-6-7-15(12(2)8-11)16-10-26-19-17(16)18(23-20(21)24-19)22-13-4-3-5-14(25)9-13/h3-10,25H,1-2H3,(H,22,23,24). The zero-order valence-corrected chi connectivity index (χ0v) is 15.8. The number of hydrogen-bond donors (Lipinski definition) is 2. The van der Waals surface area contributed by atoms with Crippen molar-refractivity contribution in [2.24, 2.45) is 0 Å². The lowest BCUT2D eigenvalue weighted by Crippen LogP contribution is -1.97. The van der Waals surface area contributed by atoms with Crippen LogP contribution in [0.15, 0.2) is 47.8 Å². The summed E-state index contributed by atoms with van der Waals surface area (Å²) >= 11 is 7.66. The SMILES string of the molecule is Cc1ccc(-c2csc3nc(Cl)nc(Nc4cccc(O)c4)c23)c(C)c1. The minimum atomic E-state index is 0.186. The number of anilines is 2. The van der Waals surface area contributed by atoms with Crippen LogP contribution in [-0.2, 0) is 0 Å². The lowest BCUT2D eigenvalue weighted by molar-refractivity contribution is 0.475. The van der Waals surface area contributed by atoms with Crippen LogP contribution >= 0.6 is 22.9 Å². The van der Waals surface area contributed by atoms with Gasteiger partial charge in [0.2, 0.25) is 5.28 Å². The largest absolute Gasteiger partial charge is 0.508 e. The second-order valence-electron chi connectivity index (χ2n) is 6.16. The highest BCUT2D eigenvalue weighted by Crippen LogP contribution is 2.39. The summed E-state index contributed by atoms with van der Waals surface area (Å²) < 4.78 is 0. The Morgan fingerprint density at radius 3 is 2.65 bits per heavy atom. The summed E-state index contributed by atoms with van der Waals surface area (Å²) in [5, 5.41) is 16.2. The van der Waals surface area contributed by atoms with Gasteiger partial charge in [-0.3, -0.25) is 0 Å². The third-order valence-electron chi connectivity index (χ3n) is 4.19. The van der Waals surface area contributed by atoms with E-state index >= 15 is 0 Å². The molecule has 4 nitrogen and oxygen atoms in total. The summed E-state index contributed by atoms with van der Waals surface area (Å²) in [4.78, 5) is 9.59. The fourth-order valence-corrected chi connectivity index (χ4v) is 4.20. The van der Waals surface area contributed by atoms with Crippen LogP contribution in [0.2, 0.25) is 5.28 Å². The number of benzene rings is 2. The molecule has 2 heterocycles. The van der Waals surface area contributed by atoms with Crippen LogP contribution in [0.3, 0.4) is 0 Å². The number of aryl methyl sites for hydroxylation is 2. The van der Waals surface area contributed by atoms with Crippen molar-refractivity contribution >= 4 is 44.7 Å². The Morgan fingerprint density at radius 2 is 1.88 bits per heavy atom. The molecule has 0 aliphatic heterocycles. The van der Waals surface area contributed by atoms with Gasteiger partial charge >= 0.3 is 0 Å². The number of phenols is 1. The van der Waals surface area contributed by atoms with Crippen LogP contribution in [0.4, 0.5) is 11.5 Å². The highest BCUT2D eigenvalue weighted by Gasteiger charge is 2.16. The highest BCUT2D eigenvalue weighted by atomic mass is 35.5. The Morgan fingerprint density at radius 1 is 1.04 bits per heavy atom. The molecule has 0 radical (unpaired) electrons. The Kier molecular flexibility index (Phi) is 4.26. The molecule has 0 bridgehead atoms. The number of halogens is 1. The van der Waals surface area contributed by atoms with Crippen LogP contribution in [0.5, 0.6) is 5.75 Å². The zero-order valence-electron chi connectivity index (χ0n) is 14.2. The number of rotatable bonds is 3. The van der Waals surface area contributed by atoms with E-state index in [4.69, 9.17) is 11.6 Å². The predicted octanol–water partition coefficient (Wildman–Crippen LogP) is 6.08. The van der Waals surface area contributed by atoms with Crippen molar-refractivity contribution in [3.8, 4) is 16.9 Å². The third-order valence-corrected chi connectivity index (χ3v) is 5.23. The maximum atomic E-state index is 9.72. The van der Waals surface area contributed by atoms with Gasteiger partial charge in [0.15, 0.2) is 0 Å². The molecule has 2 N–H and O–H groups in total. The summed E-state index contributed by atoms with van der Waals surface area (Å²) in [5.41, 5.74) is 5.37. The molecule has 26 heavy (non-hydrogen) atoms. The molecule has 0 aliphatic rings. The molecular formula is C20H16ClN3OS. The minimum absolute atomic E-state index is 0.186. The van der Waals surface area contributed by atoms with Gasteiger partial charge < -0.3 is 10.4 Å². The van der Waals surface area contributed by atoms with E-state index < -0.39 is 0 Å². The first-order valence-electron chi connectivity index (χ1n) is 8.09.